The molecule has 0 bridgehead atoms. The maximum absolute atomic E-state index is 12.2. The molecule has 34 heavy (non-hydrogen) atoms. The van der Waals surface area contributed by atoms with Crippen molar-refractivity contribution in [2.75, 3.05) is 11.9 Å². The molecule has 2 saturated carbocycles. The summed E-state index contributed by atoms with van der Waals surface area (Å²) in [6.07, 6.45) is 10.7. The van der Waals surface area contributed by atoms with Gasteiger partial charge in [0, 0.05) is 18.3 Å². The quantitative estimate of drug-likeness (QED) is 0.475. The number of amides is 4. The van der Waals surface area contributed by atoms with Crippen LogP contribution in [0.5, 0.6) is 0 Å². The van der Waals surface area contributed by atoms with E-state index in [1.807, 2.05) is 0 Å². The molecule has 3 fully saturated rings. The van der Waals surface area contributed by atoms with E-state index in [4.69, 9.17) is 0 Å². The van der Waals surface area contributed by atoms with E-state index in [2.05, 4.69) is 59.4 Å². The van der Waals surface area contributed by atoms with Crippen LogP contribution in [0.2, 0.25) is 0 Å². The molecule has 0 radical (unpaired) electrons. The predicted octanol–water partition coefficient (Wildman–Crippen LogP) is 4.45. The van der Waals surface area contributed by atoms with E-state index in [1.165, 1.54) is 36.9 Å². The minimum atomic E-state index is -0.766. The van der Waals surface area contributed by atoms with Crippen molar-refractivity contribution in [1.82, 2.24) is 16.0 Å². The number of rotatable bonds is 7. The van der Waals surface area contributed by atoms with Crippen LogP contribution in [-0.4, -0.2) is 36.5 Å². The highest BCUT2D eigenvalue weighted by atomic mass is 16.2. The first-order valence-corrected chi connectivity index (χ1v) is 13.0. The van der Waals surface area contributed by atoms with Gasteiger partial charge in [-0.15, -0.1) is 0 Å². The summed E-state index contributed by atoms with van der Waals surface area (Å²) in [5.41, 5.74) is 3.21. The van der Waals surface area contributed by atoms with Gasteiger partial charge < -0.3 is 16.0 Å². The van der Waals surface area contributed by atoms with E-state index in [0.29, 0.717) is 29.8 Å². The molecule has 7 nitrogen and oxygen atoms in total. The van der Waals surface area contributed by atoms with Gasteiger partial charge in [0.25, 0.3) is 0 Å². The van der Waals surface area contributed by atoms with E-state index >= 15 is 0 Å². The second kappa shape index (κ2) is 10.8. The number of benzene rings is 1. The van der Waals surface area contributed by atoms with Crippen LogP contribution in [0.15, 0.2) is 24.3 Å². The van der Waals surface area contributed by atoms with Crippen LogP contribution in [0.4, 0.5) is 10.5 Å². The van der Waals surface area contributed by atoms with Crippen molar-refractivity contribution in [2.45, 2.75) is 96.1 Å². The first-order chi connectivity index (χ1) is 16.3. The highest BCUT2D eigenvalue weighted by Crippen LogP contribution is 2.42. The predicted molar refractivity (Wildman–Crippen MR) is 134 cm³/mol. The minimum Gasteiger partial charge on any atom is -0.382 e. The first-order valence-electron chi connectivity index (χ1n) is 13.0. The second-order valence-corrected chi connectivity index (χ2v) is 11.3. The van der Waals surface area contributed by atoms with Gasteiger partial charge in [-0.3, -0.25) is 14.9 Å². The van der Waals surface area contributed by atoms with E-state index in [-0.39, 0.29) is 12.3 Å². The molecule has 0 spiro atoms. The van der Waals surface area contributed by atoms with Crippen LogP contribution < -0.4 is 21.3 Å². The number of hydrogen-bond donors (Lipinski definition) is 4. The summed E-state index contributed by atoms with van der Waals surface area (Å²) in [6, 6.07) is 8.27. The summed E-state index contributed by atoms with van der Waals surface area (Å²) in [5.74, 6) is 0.617. The highest BCUT2D eigenvalue weighted by Gasteiger charge is 2.30. The van der Waals surface area contributed by atoms with Crippen molar-refractivity contribution in [2.24, 2.45) is 11.3 Å². The Labute approximate surface area is 203 Å². The maximum Gasteiger partial charge on any atom is 0.322 e. The zero-order valence-electron chi connectivity index (χ0n) is 20.6. The van der Waals surface area contributed by atoms with Gasteiger partial charge in [0.2, 0.25) is 11.8 Å². The highest BCUT2D eigenvalue weighted by molar-refractivity contribution is 6.02. The van der Waals surface area contributed by atoms with Gasteiger partial charge in [-0.2, -0.15) is 0 Å². The van der Waals surface area contributed by atoms with Crippen LogP contribution >= 0.6 is 0 Å². The molecule has 1 aliphatic heterocycles. The number of urea groups is 1. The number of nitrogens with one attached hydrogen (secondary N) is 4. The van der Waals surface area contributed by atoms with Crippen LogP contribution in [-0.2, 0) is 9.59 Å². The lowest BCUT2D eigenvalue weighted by molar-refractivity contribution is -0.128. The molecule has 186 valence electrons. The second-order valence-electron chi connectivity index (χ2n) is 11.3. The van der Waals surface area contributed by atoms with Crippen LogP contribution in [0.3, 0.4) is 0 Å². The van der Waals surface area contributed by atoms with E-state index < -0.39 is 18.0 Å². The summed E-state index contributed by atoms with van der Waals surface area (Å²) < 4.78 is 0. The molecule has 2 aliphatic carbocycles. The van der Waals surface area contributed by atoms with Crippen molar-refractivity contribution < 1.29 is 14.4 Å². The van der Waals surface area contributed by atoms with Gasteiger partial charge in [0.05, 0.1) is 6.42 Å². The smallest absolute Gasteiger partial charge is 0.322 e. The zero-order chi connectivity index (χ0) is 24.1. The molecule has 1 atom stereocenters. The molecule has 1 saturated heterocycles. The Hall–Kier alpha value is -2.57. The largest absolute Gasteiger partial charge is 0.382 e. The summed E-state index contributed by atoms with van der Waals surface area (Å²) in [7, 11) is 0. The number of carbonyl (C=O) groups is 3. The fraction of sp³-hybridized carbons (Fsp3) is 0.667. The monoisotopic (exact) mass is 468 g/mol. The lowest BCUT2D eigenvalue weighted by Gasteiger charge is -2.34. The third kappa shape index (κ3) is 6.73. The molecule has 1 aromatic carbocycles. The topological polar surface area (TPSA) is 99.3 Å². The number of anilines is 1. The van der Waals surface area contributed by atoms with Gasteiger partial charge >= 0.3 is 6.03 Å². The van der Waals surface area contributed by atoms with E-state index in [1.54, 1.807) is 0 Å². The Balaban J connectivity index is 1.14. The number of hydrogen-bond acceptors (Lipinski definition) is 4. The average molecular weight is 469 g/mol. The minimum absolute atomic E-state index is 0.00579. The summed E-state index contributed by atoms with van der Waals surface area (Å²) in [6.45, 7) is 5.36. The van der Waals surface area contributed by atoms with Crippen molar-refractivity contribution in [3.63, 3.8) is 0 Å². The molecule has 7 heteroatoms. The molecule has 1 aromatic rings. The molecule has 4 amide bonds. The fourth-order valence-electron chi connectivity index (χ4n) is 5.70. The molecule has 4 rings (SSSR count). The Morgan fingerprint density at radius 3 is 2.32 bits per heavy atom. The van der Waals surface area contributed by atoms with Gasteiger partial charge in [-0.05, 0) is 92.7 Å². The molecular formula is C27H40N4O3. The Bertz CT molecular complexity index is 848. The molecule has 0 unspecified atom stereocenters. The van der Waals surface area contributed by atoms with Gasteiger partial charge in [-0.25, -0.2) is 4.79 Å². The Morgan fingerprint density at radius 2 is 1.68 bits per heavy atom. The summed E-state index contributed by atoms with van der Waals surface area (Å²) >= 11 is 0. The number of imide groups is 1. The van der Waals surface area contributed by atoms with Gasteiger partial charge in [-0.1, -0.05) is 26.0 Å². The number of carbonyl (C=O) groups excluding carboxylic acids is 3. The third-order valence-corrected chi connectivity index (χ3v) is 8.05. The first kappa shape index (κ1) is 24.6. The molecule has 3 aliphatic rings. The van der Waals surface area contributed by atoms with Gasteiger partial charge in [0.1, 0.15) is 6.04 Å². The van der Waals surface area contributed by atoms with Crippen LogP contribution in [0.1, 0.15) is 89.5 Å². The van der Waals surface area contributed by atoms with E-state index in [9.17, 15) is 14.4 Å². The molecular weight excluding hydrogens is 428 g/mol. The van der Waals surface area contributed by atoms with Crippen molar-refractivity contribution >= 4 is 23.5 Å². The average Bonchev–Trinajstić information content (AvgIpc) is 2.80. The van der Waals surface area contributed by atoms with E-state index in [0.717, 1.165) is 32.1 Å². The fourth-order valence-corrected chi connectivity index (χ4v) is 5.70. The standard InChI is InChI=1S/C27H40N4O3/c1-27(2)14-11-20(12-15-27)19-5-9-22(10-6-19)29-21-7-3-18(4-8-21)13-16-28-25(33)23-17-24(32)31-26(34)30-23/h5-6,9-10,18,20-21,23,29H,3-4,7-8,11-17H2,1-2H3,(H,28,33)(H2,30,31,32,34)/t18?,21?,23-/m1/s1. The molecule has 1 heterocycles. The van der Waals surface area contributed by atoms with Gasteiger partial charge in [0.15, 0.2) is 0 Å². The summed E-state index contributed by atoms with van der Waals surface area (Å²) in [4.78, 5) is 35.0. The van der Waals surface area contributed by atoms with Crippen molar-refractivity contribution in [3.05, 3.63) is 29.8 Å². The van der Waals surface area contributed by atoms with Crippen molar-refractivity contribution in [1.29, 1.82) is 0 Å². The van der Waals surface area contributed by atoms with Crippen LogP contribution in [0.25, 0.3) is 0 Å². The maximum atomic E-state index is 12.2. The third-order valence-electron chi connectivity index (χ3n) is 8.05. The van der Waals surface area contributed by atoms with Crippen LogP contribution in [0, 0.1) is 11.3 Å². The lowest BCUT2D eigenvalue weighted by Crippen LogP contribution is -2.57. The normalized spacial score (nSPS) is 27.4. The summed E-state index contributed by atoms with van der Waals surface area (Å²) in [5, 5.41) is 11.2. The zero-order valence-corrected chi connectivity index (χ0v) is 20.6. The lowest BCUT2D eigenvalue weighted by atomic mass is 9.71. The SMILES string of the molecule is CC1(C)CCC(c2ccc(NC3CCC(CCNC(=O)[C@H]4CC(=O)NC(=O)N4)CC3)cc2)CC1. The Kier molecular flexibility index (Phi) is 7.79. The Morgan fingerprint density at radius 1 is 1.00 bits per heavy atom. The molecule has 0 aromatic heterocycles. The molecule has 4 N–H and O–H groups in total. The van der Waals surface area contributed by atoms with Crippen molar-refractivity contribution in [3.8, 4) is 0 Å².